The van der Waals surface area contributed by atoms with Crippen LogP contribution in [-0.2, 0) is 20.8 Å². The Morgan fingerprint density at radius 3 is 1.59 bits per heavy atom. The predicted molar refractivity (Wildman–Crippen MR) is 108 cm³/mol. The molecule has 1 aromatic rings. The molecule has 0 atom stereocenters. The van der Waals surface area contributed by atoms with Gasteiger partial charge in [0, 0.05) is 0 Å². The van der Waals surface area contributed by atoms with Gasteiger partial charge < -0.3 is 9.29 Å². The van der Waals surface area contributed by atoms with Crippen LogP contribution in [0.4, 0.5) is 0 Å². The summed E-state index contributed by atoms with van der Waals surface area (Å²) in [4.78, 5) is 0. The second kappa shape index (κ2) is 23.8. The smallest absolute Gasteiger partial charge is 0.726 e. The number of hydrogen-bond acceptors (Lipinski definition) is 6. The summed E-state index contributed by atoms with van der Waals surface area (Å²) in [7, 11) is -9.58. The van der Waals surface area contributed by atoms with Crippen LogP contribution in [0.5, 0.6) is 5.75 Å². The third-order valence-corrected chi connectivity index (χ3v) is 2.76. The molecule has 0 heterocycles. The van der Waals surface area contributed by atoms with E-state index in [0.29, 0.717) is 0 Å². The molecule has 0 aliphatic heterocycles. The fourth-order valence-corrected chi connectivity index (χ4v) is 1.77. The molecule has 0 unspecified atom stereocenters. The Hall–Kier alpha value is -0.500. The van der Waals surface area contributed by atoms with Gasteiger partial charge in [0.1, 0.15) is 5.75 Å². The summed E-state index contributed by atoms with van der Waals surface area (Å²) >= 11 is 0. The molecule has 0 radical (unpaired) electrons. The van der Waals surface area contributed by atoms with Gasteiger partial charge in [0.25, 0.3) is 0 Å². The molecule has 0 amide bonds. The van der Waals surface area contributed by atoms with Crippen LogP contribution >= 0.6 is 0 Å². The van der Waals surface area contributed by atoms with Gasteiger partial charge in [-0.1, -0.05) is 63.6 Å². The third-order valence-electron chi connectivity index (χ3n) is 2.76. The van der Waals surface area contributed by atoms with Gasteiger partial charge >= 0.3 is 40.0 Å². The molecule has 12 heteroatoms. The Morgan fingerprint density at radius 1 is 0.862 bits per heavy atom. The number of hydrogen-bond donors (Lipinski definition) is 3. The molecule has 0 fully saturated rings. The second-order valence-electron chi connectivity index (χ2n) is 5.16. The molecule has 166 valence electrons. The molecule has 1 aromatic carbocycles. The first-order valence-corrected chi connectivity index (χ1v) is 11.3. The summed E-state index contributed by atoms with van der Waals surface area (Å²) in [6.45, 7) is 9.12. The van der Waals surface area contributed by atoms with E-state index >= 15 is 0 Å². The molecule has 0 spiro atoms. The van der Waals surface area contributed by atoms with E-state index in [1.165, 1.54) is 44.9 Å². The van der Waals surface area contributed by atoms with Gasteiger partial charge in [-0.25, -0.2) is 8.42 Å². The second-order valence-corrected chi connectivity index (χ2v) is 6.91. The van der Waals surface area contributed by atoms with Gasteiger partial charge in [-0.05, 0) is 18.6 Å². The van der Waals surface area contributed by atoms with Crippen LogP contribution in [0.3, 0.4) is 0 Å². The van der Waals surface area contributed by atoms with Crippen LogP contribution in [0.1, 0.15) is 51.9 Å². The molecule has 0 saturated carbocycles. The van der Waals surface area contributed by atoms with Gasteiger partial charge in [-0.2, -0.15) is 8.42 Å². The number of unbranched alkanes of at least 4 members (excludes halogenated alkanes) is 6. The molecule has 29 heavy (non-hydrogen) atoms. The first kappa shape index (κ1) is 35.9. The van der Waals surface area contributed by atoms with Crippen LogP contribution in [-0.4, -0.2) is 41.7 Å². The van der Waals surface area contributed by atoms with Gasteiger partial charge in [0.2, 0.25) is 10.4 Å². The van der Waals surface area contributed by atoms with Crippen LogP contribution in [0.25, 0.3) is 0 Å². The summed E-state index contributed by atoms with van der Waals surface area (Å²) in [6.07, 6.45) is 9.35. The normalized spacial score (nSPS) is 9.83. The Morgan fingerprint density at radius 2 is 1.21 bits per heavy atom. The number of para-hydroxylation sites is 1. The Bertz CT molecular complexity index is 605. The van der Waals surface area contributed by atoms with Crippen molar-refractivity contribution >= 4 is 20.8 Å². The number of rotatable bonds is 9. The van der Waals surface area contributed by atoms with Gasteiger partial charge in [-0.3, -0.25) is 13.7 Å². The SMILES string of the molecule is C=C.CCCCCCCCCOc1ccccc1.O=S(=O)(O)O.O=S(=O)([O-])O.[Na+]. The Labute approximate surface area is 197 Å². The minimum absolute atomic E-state index is 0. The Balaban J connectivity index is -0.000000200. The van der Waals surface area contributed by atoms with Crippen molar-refractivity contribution in [2.45, 2.75) is 51.9 Å². The molecule has 0 aliphatic carbocycles. The van der Waals surface area contributed by atoms with E-state index in [-0.39, 0.29) is 29.6 Å². The standard InChI is InChI=1S/C15H24O.C2H4.Na.2H2O4S/c1-2-3-4-5-6-7-11-14-16-15-12-9-8-10-13-15;1-2;;2*1-5(2,3)4/h8-10,12-13H,2-7,11,14H2,1H3;1-2H2;;2*(H2,1,2,3,4)/q;;+1;;/p-1. The minimum Gasteiger partial charge on any atom is -0.726 e. The third kappa shape index (κ3) is 58.4. The van der Waals surface area contributed by atoms with Crippen molar-refractivity contribution < 1.29 is 69.3 Å². The molecule has 0 aliphatic rings. The maximum Gasteiger partial charge on any atom is 1.00 e. The topological polar surface area (TPSA) is 161 Å². The maximum absolute atomic E-state index is 8.74. The fourth-order valence-electron chi connectivity index (χ4n) is 1.77. The number of ether oxygens (including phenoxy) is 1. The van der Waals surface area contributed by atoms with Crippen molar-refractivity contribution in [2.24, 2.45) is 0 Å². The van der Waals surface area contributed by atoms with Gasteiger partial charge in [-0.15, -0.1) is 13.2 Å². The van der Waals surface area contributed by atoms with Crippen LogP contribution in [0, 0.1) is 0 Å². The van der Waals surface area contributed by atoms with E-state index < -0.39 is 20.8 Å². The molecule has 0 saturated heterocycles. The zero-order valence-electron chi connectivity index (χ0n) is 17.1. The van der Waals surface area contributed by atoms with E-state index in [0.717, 1.165) is 12.4 Å². The first-order chi connectivity index (χ1) is 12.9. The summed E-state index contributed by atoms with van der Waals surface area (Å²) < 4.78 is 70.1. The molecule has 9 nitrogen and oxygen atoms in total. The van der Waals surface area contributed by atoms with Crippen molar-refractivity contribution in [3.8, 4) is 5.75 Å². The van der Waals surface area contributed by atoms with Gasteiger partial charge in [0.15, 0.2) is 0 Å². The van der Waals surface area contributed by atoms with Crippen molar-refractivity contribution in [2.75, 3.05) is 6.61 Å². The zero-order valence-corrected chi connectivity index (χ0v) is 20.7. The fraction of sp³-hybridized carbons (Fsp3) is 0.529. The monoisotopic (exact) mass is 466 g/mol. The van der Waals surface area contributed by atoms with Crippen LogP contribution in [0.15, 0.2) is 43.5 Å². The summed E-state index contributed by atoms with van der Waals surface area (Å²) in [5.74, 6) is 0.994. The van der Waals surface area contributed by atoms with E-state index in [4.69, 9.17) is 39.8 Å². The summed E-state index contributed by atoms with van der Waals surface area (Å²) in [5.41, 5.74) is 0. The predicted octanol–water partition coefficient (Wildman–Crippen LogP) is 0.974. The largest absolute Gasteiger partial charge is 1.00 e. The minimum atomic E-state index is -4.92. The van der Waals surface area contributed by atoms with E-state index in [1.54, 1.807) is 0 Å². The van der Waals surface area contributed by atoms with E-state index in [1.807, 2.05) is 30.3 Å². The van der Waals surface area contributed by atoms with Crippen molar-refractivity contribution in [3.05, 3.63) is 43.5 Å². The van der Waals surface area contributed by atoms with Crippen molar-refractivity contribution in [1.29, 1.82) is 0 Å². The molecular weight excluding hydrogens is 435 g/mol. The van der Waals surface area contributed by atoms with Crippen LogP contribution < -0.4 is 34.3 Å². The van der Waals surface area contributed by atoms with E-state index in [9.17, 15) is 0 Å². The van der Waals surface area contributed by atoms with E-state index in [2.05, 4.69) is 20.1 Å². The molecule has 0 bridgehead atoms. The molecular formula is C17H31NaO9S2. The maximum atomic E-state index is 8.74. The van der Waals surface area contributed by atoms with Crippen LogP contribution in [0.2, 0.25) is 0 Å². The van der Waals surface area contributed by atoms with Crippen molar-refractivity contribution in [3.63, 3.8) is 0 Å². The summed E-state index contributed by atoms with van der Waals surface area (Å²) in [6, 6.07) is 10.1. The molecule has 0 aromatic heterocycles. The average molecular weight is 467 g/mol. The average Bonchev–Trinajstić information content (AvgIpc) is 2.57. The molecule has 1 rings (SSSR count). The zero-order chi connectivity index (χ0) is 22.5. The molecule has 3 N–H and O–H groups in total. The quantitative estimate of drug-likeness (QED) is 0.158. The van der Waals surface area contributed by atoms with Gasteiger partial charge in [0.05, 0.1) is 6.61 Å². The van der Waals surface area contributed by atoms with Crippen molar-refractivity contribution in [1.82, 2.24) is 0 Å². The Kier molecular flexibility index (Phi) is 29.4. The summed E-state index contributed by atoms with van der Waals surface area (Å²) in [5, 5.41) is 0. The number of benzene rings is 1. The first-order valence-electron chi connectivity index (χ1n) is 8.49.